The number of carbonyl (C=O) groups excluding carboxylic acids is 2. The zero-order chi connectivity index (χ0) is 24.8. The first-order valence-corrected chi connectivity index (χ1v) is 11.1. The fourth-order valence-electron chi connectivity index (χ4n) is 3.50. The highest BCUT2D eigenvalue weighted by molar-refractivity contribution is 6.31. The summed E-state index contributed by atoms with van der Waals surface area (Å²) >= 11 is 6.07. The largest absolute Gasteiger partial charge is 0.493 e. The number of hydrazine groups is 1. The lowest BCUT2D eigenvalue weighted by Gasteiger charge is -2.13. The van der Waals surface area contributed by atoms with Gasteiger partial charge in [-0.15, -0.1) is 0 Å². The number of fused-ring (bicyclic) bond motifs is 1. The fraction of sp³-hybridized carbons (Fsp3) is 0.115. The third-order valence-electron chi connectivity index (χ3n) is 5.30. The Morgan fingerprint density at radius 3 is 2.34 bits per heavy atom. The predicted molar refractivity (Wildman–Crippen MR) is 135 cm³/mol. The minimum Gasteiger partial charge on any atom is -0.493 e. The maximum absolute atomic E-state index is 12.4. The van der Waals surface area contributed by atoms with E-state index >= 15 is 0 Å². The monoisotopic (exact) mass is 490 g/mol. The van der Waals surface area contributed by atoms with E-state index in [4.69, 9.17) is 21.1 Å². The molecule has 0 aliphatic rings. The average molecular weight is 491 g/mol. The molecule has 4 rings (SSSR count). The molecule has 0 radical (unpaired) electrons. The Balaban J connectivity index is 1.41. The summed E-state index contributed by atoms with van der Waals surface area (Å²) in [7, 11) is 3.16. The van der Waals surface area contributed by atoms with Crippen molar-refractivity contribution in [1.82, 2.24) is 15.8 Å². The van der Waals surface area contributed by atoms with Gasteiger partial charge in [-0.25, -0.2) is 0 Å². The Morgan fingerprint density at radius 2 is 1.63 bits per heavy atom. The van der Waals surface area contributed by atoms with Crippen LogP contribution in [0.3, 0.4) is 0 Å². The van der Waals surface area contributed by atoms with Crippen LogP contribution in [0.2, 0.25) is 5.02 Å². The number of amides is 2. The lowest BCUT2D eigenvalue weighted by Crippen LogP contribution is -2.42. The van der Waals surface area contributed by atoms with Crippen LogP contribution < -0.4 is 25.6 Å². The number of nitrogens with zero attached hydrogens (tertiary/aromatic N) is 1. The zero-order valence-electron chi connectivity index (χ0n) is 19.1. The van der Waals surface area contributed by atoms with Crippen molar-refractivity contribution in [3.8, 4) is 11.5 Å². The van der Waals surface area contributed by atoms with Gasteiger partial charge in [0.1, 0.15) is 0 Å². The molecule has 0 unspecified atom stereocenters. The molecule has 0 atom stereocenters. The van der Waals surface area contributed by atoms with Gasteiger partial charge in [0.25, 0.3) is 5.91 Å². The van der Waals surface area contributed by atoms with Crippen molar-refractivity contribution in [3.63, 3.8) is 0 Å². The van der Waals surface area contributed by atoms with Crippen LogP contribution in [-0.4, -0.2) is 31.0 Å². The molecule has 2 amide bonds. The van der Waals surface area contributed by atoms with E-state index in [0.717, 1.165) is 22.3 Å². The molecular formula is C26H23ClN4O4. The van der Waals surface area contributed by atoms with Gasteiger partial charge in [-0.05, 0) is 48.0 Å². The van der Waals surface area contributed by atoms with Crippen molar-refractivity contribution in [3.05, 3.63) is 89.1 Å². The third kappa shape index (κ3) is 5.62. The molecule has 0 aliphatic heterocycles. The van der Waals surface area contributed by atoms with E-state index < -0.39 is 5.91 Å². The summed E-state index contributed by atoms with van der Waals surface area (Å²) in [5, 5.41) is 4.69. The van der Waals surface area contributed by atoms with E-state index in [0.29, 0.717) is 27.6 Å². The van der Waals surface area contributed by atoms with E-state index in [2.05, 4.69) is 21.2 Å². The van der Waals surface area contributed by atoms with Gasteiger partial charge in [0.05, 0.1) is 26.2 Å². The Kier molecular flexibility index (Phi) is 7.32. The van der Waals surface area contributed by atoms with Crippen LogP contribution >= 0.6 is 11.6 Å². The van der Waals surface area contributed by atoms with Crippen LogP contribution in [0.25, 0.3) is 10.9 Å². The van der Waals surface area contributed by atoms with Gasteiger partial charge < -0.3 is 14.8 Å². The van der Waals surface area contributed by atoms with Crippen molar-refractivity contribution < 1.29 is 19.1 Å². The third-order valence-corrected chi connectivity index (χ3v) is 5.67. The second kappa shape index (κ2) is 10.8. The summed E-state index contributed by atoms with van der Waals surface area (Å²) in [6, 6.07) is 19.4. The first kappa shape index (κ1) is 23.8. The quantitative estimate of drug-likeness (QED) is 0.326. The number of pyridine rings is 1. The molecule has 3 N–H and O–H groups in total. The number of aromatic nitrogens is 1. The van der Waals surface area contributed by atoms with E-state index in [1.54, 1.807) is 68.9 Å². The molecule has 0 saturated heterocycles. The van der Waals surface area contributed by atoms with Crippen LogP contribution in [0.5, 0.6) is 11.5 Å². The summed E-state index contributed by atoms with van der Waals surface area (Å²) in [5.41, 5.74) is 8.23. The van der Waals surface area contributed by atoms with Gasteiger partial charge in [-0.3, -0.25) is 25.4 Å². The summed E-state index contributed by atoms with van der Waals surface area (Å²) in [5.74, 6) is 0.384. The van der Waals surface area contributed by atoms with Crippen LogP contribution in [0.4, 0.5) is 11.4 Å². The Bertz CT molecular complexity index is 1380. The molecule has 0 bridgehead atoms. The molecule has 3 aromatic carbocycles. The second-order valence-electron chi connectivity index (χ2n) is 7.56. The Morgan fingerprint density at radius 1 is 0.914 bits per heavy atom. The summed E-state index contributed by atoms with van der Waals surface area (Å²) < 4.78 is 10.8. The fourth-order valence-corrected chi connectivity index (χ4v) is 3.70. The molecule has 4 aromatic rings. The number of rotatable bonds is 7. The van der Waals surface area contributed by atoms with Gasteiger partial charge in [0.2, 0.25) is 5.91 Å². The first-order chi connectivity index (χ1) is 17.0. The van der Waals surface area contributed by atoms with E-state index in [1.165, 1.54) is 0 Å². The highest BCUT2D eigenvalue weighted by Crippen LogP contribution is 2.35. The standard InChI is InChI=1S/C26H23ClN4O4/c1-34-23-14-19-21(11-12-28-22(19)15-24(23)35-2)29-18-9-7-16(8-10-18)26(33)31-30-25(32)13-17-5-3-4-6-20(17)27/h3-12,14-15H,13H2,1-2H3,(H,28,29)(H,30,32)(H,31,33). The van der Waals surface area contributed by atoms with Crippen molar-refractivity contribution >= 4 is 45.7 Å². The minimum atomic E-state index is -0.435. The lowest BCUT2D eigenvalue weighted by atomic mass is 10.1. The van der Waals surface area contributed by atoms with Crippen molar-refractivity contribution in [1.29, 1.82) is 0 Å². The van der Waals surface area contributed by atoms with Crippen LogP contribution in [0.15, 0.2) is 72.9 Å². The normalized spacial score (nSPS) is 10.5. The van der Waals surface area contributed by atoms with Gasteiger partial charge in [0, 0.05) is 39.6 Å². The number of benzene rings is 3. The highest BCUT2D eigenvalue weighted by atomic mass is 35.5. The van der Waals surface area contributed by atoms with Crippen LogP contribution in [-0.2, 0) is 11.2 Å². The minimum absolute atomic E-state index is 0.0549. The maximum atomic E-state index is 12.4. The maximum Gasteiger partial charge on any atom is 0.269 e. The zero-order valence-corrected chi connectivity index (χ0v) is 19.8. The van der Waals surface area contributed by atoms with Crippen LogP contribution in [0, 0.1) is 0 Å². The lowest BCUT2D eigenvalue weighted by molar-refractivity contribution is -0.121. The predicted octanol–water partition coefficient (Wildman–Crippen LogP) is 4.65. The Labute approximate surface area is 207 Å². The number of ether oxygens (including phenoxy) is 2. The van der Waals surface area contributed by atoms with Crippen molar-refractivity contribution in [2.75, 3.05) is 19.5 Å². The number of anilines is 2. The number of carbonyl (C=O) groups is 2. The summed E-state index contributed by atoms with van der Waals surface area (Å²) in [6.45, 7) is 0. The molecule has 0 saturated carbocycles. The molecule has 0 fully saturated rings. The molecule has 35 heavy (non-hydrogen) atoms. The summed E-state index contributed by atoms with van der Waals surface area (Å²) in [6.07, 6.45) is 1.75. The summed E-state index contributed by atoms with van der Waals surface area (Å²) in [4.78, 5) is 29.0. The molecular weight excluding hydrogens is 468 g/mol. The number of hydrogen-bond acceptors (Lipinski definition) is 6. The molecule has 1 aromatic heterocycles. The van der Waals surface area contributed by atoms with Gasteiger partial charge >= 0.3 is 0 Å². The number of nitrogens with one attached hydrogen (secondary N) is 3. The molecule has 0 spiro atoms. The van der Waals surface area contributed by atoms with Gasteiger partial charge in [0.15, 0.2) is 11.5 Å². The highest BCUT2D eigenvalue weighted by Gasteiger charge is 2.12. The van der Waals surface area contributed by atoms with Gasteiger partial charge in [-0.2, -0.15) is 0 Å². The number of halogens is 1. The van der Waals surface area contributed by atoms with Crippen molar-refractivity contribution in [2.45, 2.75) is 6.42 Å². The molecule has 178 valence electrons. The van der Waals surface area contributed by atoms with E-state index in [9.17, 15) is 9.59 Å². The molecule has 8 nitrogen and oxygen atoms in total. The Hall–Kier alpha value is -4.30. The average Bonchev–Trinajstić information content (AvgIpc) is 2.88. The molecule has 9 heteroatoms. The number of hydrogen-bond donors (Lipinski definition) is 3. The topological polar surface area (TPSA) is 102 Å². The molecule has 1 heterocycles. The van der Waals surface area contributed by atoms with E-state index in [-0.39, 0.29) is 12.3 Å². The van der Waals surface area contributed by atoms with Gasteiger partial charge in [-0.1, -0.05) is 29.8 Å². The smallest absolute Gasteiger partial charge is 0.269 e. The molecule has 0 aliphatic carbocycles. The second-order valence-corrected chi connectivity index (χ2v) is 7.96. The number of methoxy groups -OCH3 is 2. The first-order valence-electron chi connectivity index (χ1n) is 10.7. The van der Waals surface area contributed by atoms with E-state index in [1.807, 2.05) is 18.2 Å². The van der Waals surface area contributed by atoms with Crippen molar-refractivity contribution in [2.24, 2.45) is 0 Å². The van der Waals surface area contributed by atoms with Crippen LogP contribution in [0.1, 0.15) is 15.9 Å². The SMILES string of the molecule is COc1cc2nccc(Nc3ccc(C(=O)NNC(=O)Cc4ccccc4Cl)cc3)c2cc1OC.